The number of nitrogens with one attached hydrogen (secondary N) is 1. The second-order valence-electron chi connectivity index (χ2n) is 7.27. The van der Waals surface area contributed by atoms with Gasteiger partial charge < -0.3 is 26.4 Å². The molecule has 3 fully saturated rings. The van der Waals surface area contributed by atoms with Crippen LogP contribution in [-0.2, 0) is 6.54 Å². The van der Waals surface area contributed by atoms with Crippen LogP contribution in [0, 0.1) is 34.6 Å². The zero-order valence-corrected chi connectivity index (χ0v) is 15.9. The van der Waals surface area contributed by atoms with Crippen LogP contribution >= 0.6 is 0 Å². The topological polar surface area (TPSA) is 4.44 Å². The normalized spacial score (nSPS) is 27.6. The highest BCUT2D eigenvalue weighted by atomic mass is 79.9. The average molecular weight is 354 g/mol. The largest absolute Gasteiger partial charge is 1.00 e. The molecule has 118 valence electrons. The Morgan fingerprint density at radius 1 is 0.714 bits per heavy atom. The molecule has 3 heterocycles. The quantitative estimate of drug-likeness (QED) is 0.615. The van der Waals surface area contributed by atoms with Crippen LogP contribution in [0.4, 0.5) is 0 Å². The molecule has 0 aromatic heterocycles. The maximum Gasteiger partial charge on any atom is 0.129 e. The molecule has 3 aliphatic rings. The van der Waals surface area contributed by atoms with Crippen LogP contribution in [0.5, 0.6) is 0 Å². The lowest BCUT2D eigenvalue weighted by atomic mass is 9.88. The van der Waals surface area contributed by atoms with Gasteiger partial charge in [-0.25, -0.2) is 0 Å². The van der Waals surface area contributed by atoms with E-state index in [1.54, 1.807) is 16.7 Å². The Balaban J connectivity index is 0.00000161. The first-order valence-electron chi connectivity index (χ1n) is 8.18. The van der Waals surface area contributed by atoms with Gasteiger partial charge >= 0.3 is 0 Å². The van der Waals surface area contributed by atoms with Crippen LogP contribution in [0.15, 0.2) is 0 Å². The summed E-state index contributed by atoms with van der Waals surface area (Å²) in [7, 11) is 0. The average Bonchev–Trinajstić information content (AvgIpc) is 2.49. The highest BCUT2D eigenvalue weighted by Crippen LogP contribution is 2.29. The Bertz CT molecular complexity index is 500. The molecular formula is C18H30BrN2+. The third-order valence-electron chi connectivity index (χ3n) is 6.47. The highest BCUT2D eigenvalue weighted by molar-refractivity contribution is 5.49. The molecular weight excluding hydrogens is 324 g/mol. The van der Waals surface area contributed by atoms with Crippen LogP contribution in [0.2, 0.25) is 0 Å². The van der Waals surface area contributed by atoms with Crippen LogP contribution in [0.3, 0.4) is 0 Å². The monoisotopic (exact) mass is 353 g/mol. The van der Waals surface area contributed by atoms with Crippen LogP contribution in [0.25, 0.3) is 0 Å². The van der Waals surface area contributed by atoms with Crippen LogP contribution in [0.1, 0.15) is 33.4 Å². The minimum Gasteiger partial charge on any atom is -1.00 e. The molecule has 1 aromatic carbocycles. The summed E-state index contributed by atoms with van der Waals surface area (Å²) in [5.74, 6) is 0. The van der Waals surface area contributed by atoms with Crippen LogP contribution in [-0.4, -0.2) is 43.8 Å². The fraction of sp³-hybridized carbons (Fsp3) is 0.667. The molecule has 2 nitrogen and oxygen atoms in total. The zero-order valence-electron chi connectivity index (χ0n) is 14.3. The van der Waals surface area contributed by atoms with E-state index in [2.05, 4.69) is 34.6 Å². The molecule has 0 amide bonds. The van der Waals surface area contributed by atoms with Gasteiger partial charge in [-0.15, -0.1) is 0 Å². The fourth-order valence-electron chi connectivity index (χ4n) is 4.28. The van der Waals surface area contributed by atoms with Gasteiger partial charge in [0.25, 0.3) is 0 Å². The molecule has 4 rings (SSSR count). The Morgan fingerprint density at radius 2 is 1.10 bits per heavy atom. The molecule has 0 unspecified atom stereocenters. The van der Waals surface area contributed by atoms with Crippen molar-refractivity contribution >= 4 is 0 Å². The van der Waals surface area contributed by atoms with Crippen molar-refractivity contribution < 1.29 is 26.4 Å². The van der Waals surface area contributed by atoms with Gasteiger partial charge in [-0.3, -0.25) is 0 Å². The SMILES string of the molecule is Cc1c(C)c(C)c(C[N+]23CC[NH+](CC2)CC3)c(C)c1C.[Br-]. The molecule has 1 aromatic rings. The van der Waals surface area contributed by atoms with Gasteiger partial charge in [0.1, 0.15) is 45.8 Å². The minimum absolute atomic E-state index is 0. The summed E-state index contributed by atoms with van der Waals surface area (Å²) in [5, 5.41) is 0. The molecule has 0 saturated carbocycles. The summed E-state index contributed by atoms with van der Waals surface area (Å²) in [5.41, 5.74) is 9.29. The van der Waals surface area contributed by atoms with Gasteiger partial charge in [-0.1, -0.05) is 0 Å². The lowest BCUT2D eigenvalue weighted by molar-refractivity contribution is -1.08. The molecule has 0 atom stereocenters. The maximum absolute atomic E-state index is 2.34. The van der Waals surface area contributed by atoms with Crippen molar-refractivity contribution in [1.29, 1.82) is 0 Å². The minimum atomic E-state index is 0. The third kappa shape index (κ3) is 2.80. The lowest BCUT2D eigenvalue weighted by Crippen LogP contribution is -3.19. The summed E-state index contributed by atoms with van der Waals surface area (Å²) in [6, 6.07) is 0. The summed E-state index contributed by atoms with van der Waals surface area (Å²) in [6.07, 6.45) is 0. The number of halogens is 1. The standard InChI is InChI=1S/C18H29N2.BrH/c1-13-14(2)16(4)18(17(5)15(13)3)12-20-9-6-19(7-10-20)8-11-20;/h6-12H2,1-5H3;1H/q+1;. The number of rotatable bonds is 2. The first-order valence-corrected chi connectivity index (χ1v) is 8.18. The van der Waals surface area contributed by atoms with E-state index < -0.39 is 0 Å². The van der Waals surface area contributed by atoms with Crippen molar-refractivity contribution in [1.82, 2.24) is 0 Å². The summed E-state index contributed by atoms with van der Waals surface area (Å²) >= 11 is 0. The first-order chi connectivity index (χ1) is 9.43. The Hall–Kier alpha value is -0.380. The van der Waals surface area contributed by atoms with Crippen molar-refractivity contribution in [2.45, 2.75) is 41.2 Å². The summed E-state index contributed by atoms with van der Waals surface area (Å²) in [6.45, 7) is 21.2. The molecule has 1 N–H and O–H groups in total. The van der Waals surface area contributed by atoms with Crippen molar-refractivity contribution in [3.63, 3.8) is 0 Å². The molecule has 3 aliphatic heterocycles. The number of hydrogen-bond acceptors (Lipinski definition) is 0. The van der Waals surface area contributed by atoms with E-state index in [9.17, 15) is 0 Å². The van der Waals surface area contributed by atoms with Gasteiger partial charge in [0.05, 0.1) is 0 Å². The highest BCUT2D eigenvalue weighted by Gasteiger charge is 2.41. The zero-order chi connectivity index (χ0) is 14.5. The van der Waals surface area contributed by atoms with Crippen molar-refractivity contribution in [2.24, 2.45) is 0 Å². The van der Waals surface area contributed by atoms with Crippen LogP contribution < -0.4 is 21.9 Å². The van der Waals surface area contributed by atoms with Gasteiger partial charge in [0.2, 0.25) is 0 Å². The predicted molar refractivity (Wildman–Crippen MR) is 84.3 cm³/mol. The van der Waals surface area contributed by atoms with E-state index in [0.29, 0.717) is 0 Å². The smallest absolute Gasteiger partial charge is 0.129 e. The van der Waals surface area contributed by atoms with Gasteiger partial charge in [-0.05, 0) is 62.4 Å². The number of benzene rings is 1. The third-order valence-corrected chi connectivity index (χ3v) is 6.47. The molecule has 21 heavy (non-hydrogen) atoms. The van der Waals surface area contributed by atoms with E-state index in [0.717, 1.165) is 0 Å². The summed E-state index contributed by atoms with van der Waals surface area (Å²) in [4.78, 5) is 1.84. The second kappa shape index (κ2) is 6.02. The van der Waals surface area contributed by atoms with Gasteiger partial charge in [-0.2, -0.15) is 0 Å². The van der Waals surface area contributed by atoms with Gasteiger partial charge in [0, 0.05) is 5.56 Å². The number of piperazine rings is 3. The number of fused-ring (bicyclic) bond motifs is 3. The molecule has 0 radical (unpaired) electrons. The van der Waals surface area contributed by atoms with Crippen molar-refractivity contribution in [3.8, 4) is 0 Å². The van der Waals surface area contributed by atoms with E-state index in [1.807, 2.05) is 4.90 Å². The number of nitrogens with zero attached hydrogens (tertiary/aromatic N) is 1. The molecule has 0 aliphatic carbocycles. The predicted octanol–water partition coefficient (Wildman–Crippen LogP) is -1.54. The number of quaternary nitrogens is 2. The fourth-order valence-corrected chi connectivity index (χ4v) is 4.28. The van der Waals surface area contributed by atoms with E-state index in [4.69, 9.17) is 0 Å². The molecule has 3 saturated heterocycles. The molecule has 3 heteroatoms. The first kappa shape index (κ1) is 17.0. The number of hydrogen-bond donors (Lipinski definition) is 1. The Labute approximate surface area is 140 Å². The van der Waals surface area contributed by atoms with E-state index in [1.165, 1.54) is 67.0 Å². The van der Waals surface area contributed by atoms with Crippen molar-refractivity contribution in [2.75, 3.05) is 39.3 Å². The Kier molecular flexibility index (Phi) is 4.87. The Morgan fingerprint density at radius 3 is 1.52 bits per heavy atom. The summed E-state index contributed by atoms with van der Waals surface area (Å²) < 4.78 is 1.35. The second-order valence-corrected chi connectivity index (χ2v) is 7.27. The molecule has 0 spiro atoms. The molecule has 2 bridgehead atoms. The van der Waals surface area contributed by atoms with E-state index in [-0.39, 0.29) is 17.0 Å². The van der Waals surface area contributed by atoms with Gasteiger partial charge in [0.15, 0.2) is 0 Å². The maximum atomic E-state index is 2.34. The van der Waals surface area contributed by atoms with Crippen molar-refractivity contribution in [3.05, 3.63) is 33.4 Å². The van der Waals surface area contributed by atoms with E-state index >= 15 is 0 Å². The lowest BCUT2D eigenvalue weighted by Gasteiger charge is -2.48.